The van der Waals surface area contributed by atoms with Crippen LogP contribution in [0.1, 0.15) is 5.82 Å². The second-order valence-corrected chi connectivity index (χ2v) is 6.65. The van der Waals surface area contributed by atoms with Crippen molar-refractivity contribution in [1.29, 1.82) is 0 Å². The van der Waals surface area contributed by atoms with Gasteiger partial charge in [-0.25, -0.2) is 13.4 Å². The molecule has 0 spiro atoms. The number of hydrogen-bond acceptors (Lipinski definition) is 3. The number of imidazole rings is 1. The fourth-order valence-electron chi connectivity index (χ4n) is 1.53. The summed E-state index contributed by atoms with van der Waals surface area (Å²) >= 11 is 11.8. The molecule has 2 rings (SSSR count). The number of benzene rings is 1. The van der Waals surface area contributed by atoms with Crippen LogP contribution in [0.2, 0.25) is 10.0 Å². The van der Waals surface area contributed by atoms with Crippen molar-refractivity contribution in [2.24, 2.45) is 0 Å². The van der Waals surface area contributed by atoms with Crippen molar-refractivity contribution in [2.75, 3.05) is 7.05 Å². The molecule has 102 valence electrons. The molecule has 1 aromatic heterocycles. The first-order valence-electron chi connectivity index (χ1n) is 5.31. The molecule has 5 nitrogen and oxygen atoms in total. The highest BCUT2D eigenvalue weighted by atomic mass is 35.5. The molecule has 0 saturated carbocycles. The fraction of sp³-hybridized carbons (Fsp3) is 0.182. The van der Waals surface area contributed by atoms with E-state index in [2.05, 4.69) is 9.97 Å². The van der Waals surface area contributed by atoms with Gasteiger partial charge in [-0.2, -0.15) is 4.31 Å². The van der Waals surface area contributed by atoms with E-state index >= 15 is 0 Å². The first-order chi connectivity index (χ1) is 8.93. The van der Waals surface area contributed by atoms with E-state index < -0.39 is 10.0 Å². The third kappa shape index (κ3) is 2.92. The predicted octanol–water partition coefficient (Wildman–Crippen LogP) is 2.54. The Bertz CT molecular complexity index is 671. The number of H-pyrrole nitrogens is 1. The lowest BCUT2D eigenvalue weighted by Gasteiger charge is -2.17. The standard InChI is InChI=1S/C11H11Cl2N3O2S/c1-16(7-10-14-5-6-15-10)19(17,18)9-4-2-3-8(12)11(9)13/h2-6H,7H2,1H3,(H,14,15). The van der Waals surface area contributed by atoms with Gasteiger partial charge in [-0.1, -0.05) is 29.3 Å². The molecule has 0 bridgehead atoms. The Morgan fingerprint density at radius 2 is 2.11 bits per heavy atom. The molecule has 1 N–H and O–H groups in total. The molecule has 0 fully saturated rings. The number of aromatic amines is 1. The van der Waals surface area contributed by atoms with Crippen LogP contribution in [0.4, 0.5) is 0 Å². The van der Waals surface area contributed by atoms with Gasteiger partial charge in [-0.3, -0.25) is 0 Å². The predicted molar refractivity (Wildman–Crippen MR) is 73.7 cm³/mol. The highest BCUT2D eigenvalue weighted by Crippen LogP contribution is 2.30. The van der Waals surface area contributed by atoms with E-state index in [9.17, 15) is 8.42 Å². The number of halogens is 2. The zero-order valence-corrected chi connectivity index (χ0v) is 12.3. The van der Waals surface area contributed by atoms with Crippen molar-refractivity contribution >= 4 is 33.2 Å². The Balaban J connectivity index is 2.34. The second-order valence-electron chi connectivity index (χ2n) is 3.85. The zero-order valence-electron chi connectivity index (χ0n) is 9.97. The summed E-state index contributed by atoms with van der Waals surface area (Å²) in [6, 6.07) is 4.50. The molecular weight excluding hydrogens is 309 g/mol. The van der Waals surface area contributed by atoms with Crippen molar-refractivity contribution < 1.29 is 8.42 Å². The van der Waals surface area contributed by atoms with E-state index in [1.165, 1.54) is 19.2 Å². The van der Waals surface area contributed by atoms with Crippen LogP contribution >= 0.6 is 23.2 Å². The highest BCUT2D eigenvalue weighted by Gasteiger charge is 2.25. The smallest absolute Gasteiger partial charge is 0.244 e. The molecule has 0 unspecified atom stereocenters. The Kier molecular flexibility index (Phi) is 4.15. The van der Waals surface area contributed by atoms with Gasteiger partial charge in [0.1, 0.15) is 10.7 Å². The van der Waals surface area contributed by atoms with E-state index in [0.29, 0.717) is 5.82 Å². The van der Waals surface area contributed by atoms with Crippen LogP contribution in [0.25, 0.3) is 0 Å². The summed E-state index contributed by atoms with van der Waals surface area (Å²) in [5.41, 5.74) is 0. The summed E-state index contributed by atoms with van der Waals surface area (Å²) in [6.07, 6.45) is 3.18. The maximum atomic E-state index is 12.4. The molecule has 0 radical (unpaired) electrons. The number of sulfonamides is 1. The van der Waals surface area contributed by atoms with Gasteiger partial charge in [-0.15, -0.1) is 0 Å². The summed E-state index contributed by atoms with van der Waals surface area (Å²) in [5, 5.41) is 0.226. The van der Waals surface area contributed by atoms with Crippen LogP contribution in [-0.4, -0.2) is 29.7 Å². The maximum absolute atomic E-state index is 12.4. The van der Waals surface area contributed by atoms with Crippen molar-refractivity contribution in [3.8, 4) is 0 Å². The molecule has 0 amide bonds. The van der Waals surface area contributed by atoms with Gasteiger partial charge in [0.2, 0.25) is 10.0 Å². The topological polar surface area (TPSA) is 66.1 Å². The molecule has 8 heteroatoms. The van der Waals surface area contributed by atoms with E-state index in [0.717, 1.165) is 4.31 Å². The molecule has 0 aliphatic rings. The summed E-state index contributed by atoms with van der Waals surface area (Å²) in [6.45, 7) is 0.123. The summed E-state index contributed by atoms with van der Waals surface area (Å²) in [4.78, 5) is 6.81. The van der Waals surface area contributed by atoms with Gasteiger partial charge < -0.3 is 4.98 Å². The third-order valence-corrected chi connectivity index (χ3v) is 5.31. The molecule has 0 atom stereocenters. The van der Waals surface area contributed by atoms with Gasteiger partial charge in [0.05, 0.1) is 16.6 Å². The van der Waals surface area contributed by atoms with Gasteiger partial charge in [-0.05, 0) is 12.1 Å². The van der Waals surface area contributed by atoms with E-state index in [-0.39, 0.29) is 21.5 Å². The monoisotopic (exact) mass is 319 g/mol. The van der Waals surface area contributed by atoms with Gasteiger partial charge in [0.25, 0.3) is 0 Å². The van der Waals surface area contributed by atoms with Gasteiger partial charge in [0.15, 0.2) is 0 Å². The maximum Gasteiger partial charge on any atom is 0.244 e. The van der Waals surface area contributed by atoms with Crippen LogP contribution in [0.5, 0.6) is 0 Å². The first kappa shape index (κ1) is 14.3. The summed E-state index contributed by atoms with van der Waals surface area (Å²) in [7, 11) is -2.26. The van der Waals surface area contributed by atoms with Gasteiger partial charge in [0, 0.05) is 19.4 Å². The number of rotatable bonds is 4. The van der Waals surface area contributed by atoms with E-state index in [4.69, 9.17) is 23.2 Å². The highest BCUT2D eigenvalue weighted by molar-refractivity contribution is 7.89. The third-order valence-electron chi connectivity index (χ3n) is 2.53. The largest absolute Gasteiger partial charge is 0.347 e. The molecule has 1 aromatic carbocycles. The average molecular weight is 320 g/mol. The lowest BCUT2D eigenvalue weighted by molar-refractivity contribution is 0.458. The zero-order chi connectivity index (χ0) is 14.0. The minimum absolute atomic E-state index is 0.0178. The van der Waals surface area contributed by atoms with Crippen LogP contribution in [0.3, 0.4) is 0 Å². The number of aromatic nitrogens is 2. The number of hydrogen-bond donors (Lipinski definition) is 1. The number of nitrogens with zero attached hydrogens (tertiary/aromatic N) is 2. The molecule has 2 aromatic rings. The van der Waals surface area contributed by atoms with Crippen molar-refractivity contribution in [2.45, 2.75) is 11.4 Å². The SMILES string of the molecule is CN(Cc1ncc[nH]1)S(=O)(=O)c1cccc(Cl)c1Cl. The average Bonchev–Trinajstić information content (AvgIpc) is 2.85. The summed E-state index contributed by atoms with van der Waals surface area (Å²) < 4.78 is 25.9. The molecule has 19 heavy (non-hydrogen) atoms. The Hall–Kier alpha value is -1.08. The van der Waals surface area contributed by atoms with Crippen molar-refractivity contribution in [3.05, 3.63) is 46.5 Å². The molecule has 1 heterocycles. The number of nitrogens with one attached hydrogen (secondary N) is 1. The van der Waals surface area contributed by atoms with Crippen LogP contribution < -0.4 is 0 Å². The molecule has 0 saturated heterocycles. The lowest BCUT2D eigenvalue weighted by Crippen LogP contribution is -2.27. The van der Waals surface area contributed by atoms with Crippen LogP contribution in [-0.2, 0) is 16.6 Å². The van der Waals surface area contributed by atoms with Gasteiger partial charge >= 0.3 is 0 Å². The van der Waals surface area contributed by atoms with E-state index in [1.54, 1.807) is 18.5 Å². The molecular formula is C11H11Cl2N3O2S. The normalized spacial score (nSPS) is 12.0. The fourth-order valence-corrected chi connectivity index (χ4v) is 3.40. The van der Waals surface area contributed by atoms with Crippen LogP contribution in [0.15, 0.2) is 35.5 Å². The van der Waals surface area contributed by atoms with Crippen molar-refractivity contribution in [3.63, 3.8) is 0 Å². The lowest BCUT2D eigenvalue weighted by atomic mass is 10.4. The summed E-state index contributed by atoms with van der Waals surface area (Å²) in [5.74, 6) is 0.546. The molecule has 0 aliphatic heterocycles. The Labute approximate surface area is 121 Å². The minimum Gasteiger partial charge on any atom is -0.347 e. The van der Waals surface area contributed by atoms with Crippen LogP contribution in [0, 0.1) is 0 Å². The van der Waals surface area contributed by atoms with E-state index in [1.807, 2.05) is 0 Å². The Morgan fingerprint density at radius 1 is 1.37 bits per heavy atom. The first-order valence-corrected chi connectivity index (χ1v) is 7.51. The second kappa shape index (κ2) is 5.50. The minimum atomic E-state index is -3.71. The Morgan fingerprint density at radius 3 is 2.74 bits per heavy atom. The molecule has 0 aliphatic carbocycles. The van der Waals surface area contributed by atoms with Crippen molar-refractivity contribution in [1.82, 2.24) is 14.3 Å². The quantitative estimate of drug-likeness (QED) is 0.941.